The number of fused-ring (bicyclic) bond motifs is 1. The van der Waals surface area contributed by atoms with Crippen molar-refractivity contribution in [1.29, 1.82) is 0 Å². The lowest BCUT2D eigenvalue weighted by Gasteiger charge is -2.34. The molecule has 0 saturated heterocycles. The minimum absolute atomic E-state index is 0.0179. The largest absolute Gasteiger partial charge is 0.508 e. The molecule has 2 heteroatoms. The molecule has 1 aliphatic rings. The first-order chi connectivity index (χ1) is 11.3. The van der Waals surface area contributed by atoms with Crippen molar-refractivity contribution >= 4 is 0 Å². The van der Waals surface area contributed by atoms with E-state index >= 15 is 0 Å². The molecule has 2 nitrogen and oxygen atoms in total. The van der Waals surface area contributed by atoms with Crippen LogP contribution in [0.2, 0.25) is 0 Å². The van der Waals surface area contributed by atoms with E-state index in [1.165, 1.54) is 16.7 Å². The maximum atomic E-state index is 9.56. The number of rotatable bonds is 2. The summed E-state index contributed by atoms with van der Waals surface area (Å²) < 4.78 is 6.35. The first kappa shape index (κ1) is 13.9. The van der Waals surface area contributed by atoms with Gasteiger partial charge in [0.15, 0.2) is 0 Å². The second kappa shape index (κ2) is 5.81. The average molecular weight is 302 g/mol. The molecule has 3 aromatic carbocycles. The van der Waals surface area contributed by atoms with Crippen LogP contribution in [0.4, 0.5) is 0 Å². The summed E-state index contributed by atoms with van der Waals surface area (Å²) in [6.45, 7) is 0. The van der Waals surface area contributed by atoms with Gasteiger partial charge >= 0.3 is 0 Å². The minimum atomic E-state index is -0.0179. The second-order valence-electron chi connectivity index (χ2n) is 5.96. The molecule has 2 atom stereocenters. The molecule has 2 unspecified atom stereocenters. The number of hydrogen-bond acceptors (Lipinski definition) is 2. The summed E-state index contributed by atoms with van der Waals surface area (Å²) in [6, 6.07) is 26.1. The van der Waals surface area contributed by atoms with Crippen LogP contribution in [0, 0.1) is 0 Å². The van der Waals surface area contributed by atoms with Crippen molar-refractivity contribution < 1.29 is 9.84 Å². The number of para-hydroxylation sites is 1. The Balaban J connectivity index is 1.78. The Hall–Kier alpha value is -2.74. The molecule has 0 fully saturated rings. The van der Waals surface area contributed by atoms with E-state index in [1.54, 1.807) is 12.1 Å². The molecule has 0 bridgehead atoms. The van der Waals surface area contributed by atoms with E-state index in [-0.39, 0.29) is 12.0 Å². The summed E-state index contributed by atoms with van der Waals surface area (Å²) >= 11 is 0. The van der Waals surface area contributed by atoms with Gasteiger partial charge in [0.2, 0.25) is 0 Å². The zero-order valence-electron chi connectivity index (χ0n) is 12.7. The lowest BCUT2D eigenvalue weighted by molar-refractivity contribution is 0.151. The summed E-state index contributed by atoms with van der Waals surface area (Å²) in [6.07, 6.45) is 0.913. The topological polar surface area (TPSA) is 29.5 Å². The van der Waals surface area contributed by atoms with Gasteiger partial charge in [-0.05, 0) is 41.3 Å². The van der Waals surface area contributed by atoms with Gasteiger partial charge in [-0.3, -0.25) is 0 Å². The predicted octanol–water partition coefficient (Wildman–Crippen LogP) is 4.85. The third-order valence-electron chi connectivity index (χ3n) is 4.48. The summed E-state index contributed by atoms with van der Waals surface area (Å²) in [5.41, 5.74) is 3.60. The first-order valence-electron chi connectivity index (χ1n) is 7.90. The molecule has 1 heterocycles. The number of aromatic hydroxyl groups is 1. The number of benzene rings is 3. The summed E-state index contributed by atoms with van der Waals surface area (Å²) in [7, 11) is 0. The van der Waals surface area contributed by atoms with Gasteiger partial charge in [-0.1, -0.05) is 60.7 Å². The van der Waals surface area contributed by atoms with Crippen molar-refractivity contribution in [2.75, 3.05) is 0 Å². The van der Waals surface area contributed by atoms with Crippen molar-refractivity contribution in [1.82, 2.24) is 0 Å². The van der Waals surface area contributed by atoms with Crippen molar-refractivity contribution in [3.05, 3.63) is 95.6 Å². The van der Waals surface area contributed by atoms with E-state index in [1.807, 2.05) is 42.5 Å². The number of hydrogen-bond donors (Lipinski definition) is 1. The Morgan fingerprint density at radius 2 is 1.43 bits per heavy atom. The zero-order valence-corrected chi connectivity index (χ0v) is 12.7. The Morgan fingerprint density at radius 1 is 0.739 bits per heavy atom. The molecule has 23 heavy (non-hydrogen) atoms. The Morgan fingerprint density at radius 3 is 2.22 bits per heavy atom. The Kier molecular flexibility index (Phi) is 3.51. The molecule has 1 aliphatic heterocycles. The van der Waals surface area contributed by atoms with Crippen LogP contribution in [0.3, 0.4) is 0 Å². The third-order valence-corrected chi connectivity index (χ3v) is 4.48. The van der Waals surface area contributed by atoms with Gasteiger partial charge in [0.05, 0.1) is 0 Å². The molecule has 0 spiro atoms. The van der Waals surface area contributed by atoms with Crippen LogP contribution in [0.1, 0.15) is 28.7 Å². The van der Waals surface area contributed by atoms with Gasteiger partial charge in [0.1, 0.15) is 17.6 Å². The fraction of sp³-hybridized carbons (Fsp3) is 0.143. The standard InChI is InChI=1S/C21H18O2/c22-18-12-10-15(11-13-18)19-14-17-8-4-5-9-20(17)23-21(19)16-6-2-1-3-7-16/h1-13,19,21-22H,14H2. The molecule has 0 saturated carbocycles. The van der Waals surface area contributed by atoms with Gasteiger partial charge < -0.3 is 9.84 Å². The quantitative estimate of drug-likeness (QED) is 0.733. The highest BCUT2D eigenvalue weighted by Crippen LogP contribution is 2.43. The molecule has 0 amide bonds. The predicted molar refractivity (Wildman–Crippen MR) is 90.8 cm³/mol. The van der Waals surface area contributed by atoms with Crippen molar-refractivity contribution in [2.24, 2.45) is 0 Å². The lowest BCUT2D eigenvalue weighted by atomic mass is 9.82. The Labute approximate surface area is 136 Å². The zero-order chi connectivity index (χ0) is 15.6. The monoisotopic (exact) mass is 302 g/mol. The van der Waals surface area contributed by atoms with Crippen LogP contribution in [-0.4, -0.2) is 5.11 Å². The van der Waals surface area contributed by atoms with Crippen LogP contribution in [0.25, 0.3) is 0 Å². The van der Waals surface area contributed by atoms with Crippen molar-refractivity contribution in [2.45, 2.75) is 18.4 Å². The molecule has 0 aromatic heterocycles. The van der Waals surface area contributed by atoms with E-state index in [4.69, 9.17) is 4.74 Å². The summed E-state index contributed by atoms with van der Waals surface area (Å²) in [5.74, 6) is 1.49. The first-order valence-corrected chi connectivity index (χ1v) is 7.90. The van der Waals surface area contributed by atoms with Gasteiger partial charge in [0, 0.05) is 5.92 Å². The number of ether oxygens (including phenoxy) is 1. The van der Waals surface area contributed by atoms with Crippen LogP contribution in [0.5, 0.6) is 11.5 Å². The maximum Gasteiger partial charge on any atom is 0.131 e. The smallest absolute Gasteiger partial charge is 0.131 e. The summed E-state index contributed by atoms with van der Waals surface area (Å²) in [5, 5.41) is 9.56. The highest BCUT2D eigenvalue weighted by atomic mass is 16.5. The van der Waals surface area contributed by atoms with Gasteiger partial charge in [0.25, 0.3) is 0 Å². The van der Waals surface area contributed by atoms with Crippen LogP contribution < -0.4 is 4.74 Å². The molecule has 0 aliphatic carbocycles. The van der Waals surface area contributed by atoms with Gasteiger partial charge in [-0.25, -0.2) is 0 Å². The fourth-order valence-electron chi connectivity index (χ4n) is 3.31. The minimum Gasteiger partial charge on any atom is -0.508 e. The highest BCUT2D eigenvalue weighted by molar-refractivity contribution is 5.41. The highest BCUT2D eigenvalue weighted by Gasteiger charge is 2.32. The molecular weight excluding hydrogens is 284 g/mol. The van der Waals surface area contributed by atoms with E-state index in [0.717, 1.165) is 12.2 Å². The molecule has 0 radical (unpaired) electrons. The van der Waals surface area contributed by atoms with Crippen molar-refractivity contribution in [3.63, 3.8) is 0 Å². The van der Waals surface area contributed by atoms with Gasteiger partial charge in [-0.2, -0.15) is 0 Å². The fourth-order valence-corrected chi connectivity index (χ4v) is 3.31. The Bertz CT molecular complexity index is 794. The van der Waals surface area contributed by atoms with Crippen molar-refractivity contribution in [3.8, 4) is 11.5 Å². The van der Waals surface area contributed by atoms with E-state index in [2.05, 4.69) is 24.3 Å². The number of phenolic OH excluding ortho intramolecular Hbond substituents is 1. The second-order valence-corrected chi connectivity index (χ2v) is 5.96. The summed E-state index contributed by atoms with van der Waals surface area (Å²) in [4.78, 5) is 0. The average Bonchev–Trinajstić information content (AvgIpc) is 2.62. The SMILES string of the molecule is Oc1ccc(C2Cc3ccccc3OC2c2ccccc2)cc1. The van der Waals surface area contributed by atoms with Crippen LogP contribution >= 0.6 is 0 Å². The lowest BCUT2D eigenvalue weighted by Crippen LogP contribution is -2.24. The van der Waals surface area contributed by atoms with E-state index in [0.29, 0.717) is 5.75 Å². The molecule has 4 rings (SSSR count). The van der Waals surface area contributed by atoms with E-state index < -0.39 is 0 Å². The maximum absolute atomic E-state index is 9.56. The normalized spacial score (nSPS) is 19.7. The number of phenols is 1. The molecular formula is C21H18O2. The van der Waals surface area contributed by atoms with E-state index in [9.17, 15) is 5.11 Å². The van der Waals surface area contributed by atoms with Crippen LogP contribution in [0.15, 0.2) is 78.9 Å². The molecule has 114 valence electrons. The molecule has 1 N–H and O–H groups in total. The molecule has 3 aromatic rings. The van der Waals surface area contributed by atoms with Gasteiger partial charge in [-0.15, -0.1) is 0 Å². The third kappa shape index (κ3) is 2.68. The van der Waals surface area contributed by atoms with Crippen LogP contribution in [-0.2, 0) is 6.42 Å².